The molecule has 0 saturated heterocycles. The number of anilines is 1. The number of urea groups is 1. The lowest BCUT2D eigenvalue weighted by Gasteiger charge is -2.16. The van der Waals surface area contributed by atoms with Gasteiger partial charge in [-0.25, -0.2) is 9.59 Å². The molecule has 0 bridgehead atoms. The summed E-state index contributed by atoms with van der Waals surface area (Å²) in [6, 6.07) is -2.12. The maximum absolute atomic E-state index is 11.6. The van der Waals surface area contributed by atoms with Gasteiger partial charge in [0.05, 0.1) is 6.10 Å². The number of rotatable bonds is 6. The predicted octanol–water partition coefficient (Wildman–Crippen LogP) is 0.692. The third-order valence-corrected chi connectivity index (χ3v) is 3.17. The minimum absolute atomic E-state index is 0.285. The summed E-state index contributed by atoms with van der Waals surface area (Å²) in [5.74, 6) is -0.885. The molecule has 2 atom stereocenters. The van der Waals surface area contributed by atoms with Crippen LogP contribution in [-0.4, -0.2) is 44.6 Å². The van der Waals surface area contributed by atoms with Crippen LogP contribution in [0.2, 0.25) is 0 Å². The Morgan fingerprint density at radius 1 is 1.30 bits per heavy atom. The standard InChI is InChI=1S/C11H18N4O4S/c1-5(2)4-7-14-15-11(20-7)13-10(19)12-8(6(3)16)9(17)18/h5-6,8,16H,4H2,1-3H3,(H,17,18)(H2,12,13,15,19). The molecule has 4 N–H and O–H groups in total. The van der Waals surface area contributed by atoms with E-state index >= 15 is 0 Å². The van der Waals surface area contributed by atoms with E-state index in [1.54, 1.807) is 0 Å². The highest BCUT2D eigenvalue weighted by molar-refractivity contribution is 7.15. The summed E-state index contributed by atoms with van der Waals surface area (Å²) in [6.07, 6.45) is -0.448. The van der Waals surface area contributed by atoms with E-state index in [4.69, 9.17) is 5.11 Å². The first-order valence-electron chi connectivity index (χ1n) is 6.10. The van der Waals surface area contributed by atoms with E-state index in [1.807, 2.05) is 13.8 Å². The lowest BCUT2D eigenvalue weighted by atomic mass is 10.1. The van der Waals surface area contributed by atoms with Gasteiger partial charge in [-0.3, -0.25) is 5.32 Å². The zero-order valence-electron chi connectivity index (χ0n) is 11.5. The van der Waals surface area contributed by atoms with Crippen LogP contribution >= 0.6 is 11.3 Å². The molecule has 0 aliphatic heterocycles. The highest BCUT2D eigenvalue weighted by Crippen LogP contribution is 2.18. The molecule has 0 aliphatic rings. The minimum atomic E-state index is -1.38. The Morgan fingerprint density at radius 2 is 1.95 bits per heavy atom. The summed E-state index contributed by atoms with van der Waals surface area (Å²) in [7, 11) is 0. The second-order valence-electron chi connectivity index (χ2n) is 4.75. The van der Waals surface area contributed by atoms with Crippen molar-refractivity contribution in [1.82, 2.24) is 15.5 Å². The maximum Gasteiger partial charge on any atom is 0.328 e. The van der Waals surface area contributed by atoms with Crippen molar-refractivity contribution in [3.63, 3.8) is 0 Å². The second-order valence-corrected chi connectivity index (χ2v) is 5.82. The molecule has 2 amide bonds. The molecular formula is C11H18N4O4S. The van der Waals surface area contributed by atoms with E-state index in [-0.39, 0.29) is 5.13 Å². The molecule has 9 heteroatoms. The Bertz CT molecular complexity index is 475. The summed E-state index contributed by atoms with van der Waals surface area (Å²) in [4.78, 5) is 22.4. The van der Waals surface area contributed by atoms with Gasteiger partial charge in [-0.2, -0.15) is 0 Å². The lowest BCUT2D eigenvalue weighted by molar-refractivity contribution is -0.141. The highest BCUT2D eigenvalue weighted by atomic mass is 32.1. The van der Waals surface area contributed by atoms with Crippen LogP contribution in [0.3, 0.4) is 0 Å². The van der Waals surface area contributed by atoms with E-state index in [0.29, 0.717) is 5.92 Å². The summed E-state index contributed by atoms with van der Waals surface area (Å²) < 4.78 is 0. The van der Waals surface area contributed by atoms with E-state index in [1.165, 1.54) is 18.3 Å². The summed E-state index contributed by atoms with van der Waals surface area (Å²) in [5, 5.41) is 31.4. The van der Waals surface area contributed by atoms with Crippen molar-refractivity contribution >= 4 is 28.5 Å². The molecule has 2 unspecified atom stereocenters. The van der Waals surface area contributed by atoms with E-state index in [2.05, 4.69) is 20.8 Å². The van der Waals surface area contributed by atoms with Gasteiger partial charge in [0, 0.05) is 6.42 Å². The number of hydrogen-bond acceptors (Lipinski definition) is 6. The van der Waals surface area contributed by atoms with Crippen LogP contribution in [0, 0.1) is 5.92 Å². The number of aromatic nitrogens is 2. The fourth-order valence-electron chi connectivity index (χ4n) is 1.40. The molecule has 0 aromatic carbocycles. The molecule has 1 heterocycles. The molecule has 8 nitrogen and oxygen atoms in total. The quantitative estimate of drug-likeness (QED) is 0.613. The van der Waals surface area contributed by atoms with Gasteiger partial charge in [-0.05, 0) is 12.8 Å². The van der Waals surface area contributed by atoms with E-state index < -0.39 is 24.1 Å². The molecule has 1 aromatic rings. The SMILES string of the molecule is CC(C)Cc1nnc(NC(=O)NC(C(=O)O)C(C)O)s1. The van der Waals surface area contributed by atoms with E-state index in [0.717, 1.165) is 11.4 Å². The third kappa shape index (κ3) is 5.10. The van der Waals surface area contributed by atoms with Gasteiger partial charge < -0.3 is 15.5 Å². The number of hydrogen-bond donors (Lipinski definition) is 4. The molecule has 0 radical (unpaired) electrons. The lowest BCUT2D eigenvalue weighted by Crippen LogP contribution is -2.49. The Morgan fingerprint density at radius 3 is 2.45 bits per heavy atom. The molecule has 0 fully saturated rings. The van der Waals surface area contributed by atoms with Gasteiger partial charge in [-0.1, -0.05) is 25.2 Å². The van der Waals surface area contributed by atoms with Crippen molar-refractivity contribution in [3.8, 4) is 0 Å². The van der Waals surface area contributed by atoms with Gasteiger partial charge in [-0.15, -0.1) is 10.2 Å². The average molecular weight is 302 g/mol. The number of amides is 2. The van der Waals surface area contributed by atoms with E-state index in [9.17, 15) is 14.7 Å². The third-order valence-electron chi connectivity index (χ3n) is 2.31. The first-order chi connectivity index (χ1) is 9.29. The number of carbonyl (C=O) groups is 2. The van der Waals surface area contributed by atoms with Crippen LogP contribution in [0.15, 0.2) is 0 Å². The topological polar surface area (TPSA) is 124 Å². The number of aliphatic hydroxyl groups excluding tert-OH is 1. The first-order valence-corrected chi connectivity index (χ1v) is 6.92. The summed E-state index contributed by atoms with van der Waals surface area (Å²) in [6.45, 7) is 5.37. The zero-order chi connectivity index (χ0) is 15.3. The van der Waals surface area contributed by atoms with Crippen LogP contribution in [0.25, 0.3) is 0 Å². The minimum Gasteiger partial charge on any atom is -0.480 e. The second kappa shape index (κ2) is 7.15. The molecule has 1 aromatic heterocycles. The Balaban J connectivity index is 2.57. The van der Waals surface area contributed by atoms with Gasteiger partial charge in [0.15, 0.2) is 6.04 Å². The van der Waals surface area contributed by atoms with Gasteiger partial charge in [0.1, 0.15) is 5.01 Å². The summed E-state index contributed by atoms with van der Waals surface area (Å²) >= 11 is 1.23. The monoisotopic (exact) mass is 302 g/mol. The fourth-order valence-corrected chi connectivity index (χ4v) is 2.35. The molecule has 1 rings (SSSR count). The van der Waals surface area contributed by atoms with Crippen LogP contribution in [-0.2, 0) is 11.2 Å². The first kappa shape index (κ1) is 16.3. The Labute approximate surface area is 120 Å². The van der Waals surface area contributed by atoms with Crippen molar-refractivity contribution in [3.05, 3.63) is 5.01 Å². The van der Waals surface area contributed by atoms with Gasteiger partial charge >= 0.3 is 12.0 Å². The Kier molecular flexibility index (Phi) is 5.83. The summed E-state index contributed by atoms with van der Waals surface area (Å²) in [5.41, 5.74) is 0. The van der Waals surface area contributed by atoms with Crippen molar-refractivity contribution in [1.29, 1.82) is 0 Å². The number of nitrogens with one attached hydrogen (secondary N) is 2. The van der Waals surface area contributed by atoms with Crippen LogP contribution < -0.4 is 10.6 Å². The number of aliphatic hydroxyl groups is 1. The van der Waals surface area contributed by atoms with Crippen LogP contribution in [0.4, 0.5) is 9.93 Å². The van der Waals surface area contributed by atoms with Crippen molar-refractivity contribution < 1.29 is 19.8 Å². The molecule has 0 aliphatic carbocycles. The fraction of sp³-hybridized carbons (Fsp3) is 0.636. The Hall–Kier alpha value is -1.74. The van der Waals surface area contributed by atoms with Crippen molar-refractivity contribution in [2.75, 3.05) is 5.32 Å². The average Bonchev–Trinajstić information content (AvgIpc) is 2.71. The molecule has 0 saturated carbocycles. The number of carboxylic acids is 1. The maximum atomic E-state index is 11.6. The molecular weight excluding hydrogens is 284 g/mol. The molecule has 112 valence electrons. The number of nitrogens with zero attached hydrogens (tertiary/aromatic N) is 2. The van der Waals surface area contributed by atoms with Gasteiger partial charge in [0.25, 0.3) is 0 Å². The molecule has 0 spiro atoms. The van der Waals surface area contributed by atoms with Crippen LogP contribution in [0.5, 0.6) is 0 Å². The normalized spacial score (nSPS) is 13.8. The van der Waals surface area contributed by atoms with Crippen molar-refractivity contribution in [2.45, 2.75) is 39.3 Å². The van der Waals surface area contributed by atoms with Gasteiger partial charge in [0.2, 0.25) is 5.13 Å². The molecule has 20 heavy (non-hydrogen) atoms. The number of carboxylic acid groups (broad SMARTS) is 1. The zero-order valence-corrected chi connectivity index (χ0v) is 12.3. The highest BCUT2D eigenvalue weighted by Gasteiger charge is 2.25. The predicted molar refractivity (Wildman–Crippen MR) is 73.7 cm³/mol. The number of carbonyl (C=O) groups excluding carboxylic acids is 1. The van der Waals surface area contributed by atoms with Crippen LogP contribution in [0.1, 0.15) is 25.8 Å². The largest absolute Gasteiger partial charge is 0.480 e. The smallest absolute Gasteiger partial charge is 0.328 e. The van der Waals surface area contributed by atoms with Crippen molar-refractivity contribution in [2.24, 2.45) is 5.92 Å². The number of aliphatic carboxylic acids is 1.